The predicted molar refractivity (Wildman–Crippen MR) is 57.2 cm³/mol. The molecule has 0 fully saturated rings. The number of nitrogens with one attached hydrogen (secondary N) is 1. The Bertz CT molecular complexity index is 398. The van der Waals surface area contributed by atoms with Crippen LogP contribution in [0.5, 0.6) is 0 Å². The van der Waals surface area contributed by atoms with Gasteiger partial charge in [-0.15, -0.1) is 10.2 Å². The van der Waals surface area contributed by atoms with E-state index in [1.807, 2.05) is 0 Å². The van der Waals surface area contributed by atoms with E-state index in [0.29, 0.717) is 0 Å². The molecular weight excluding hydrogens is 266 g/mol. The Morgan fingerprint density at radius 3 is 3.07 bits per heavy atom. The third kappa shape index (κ3) is 1.83. The van der Waals surface area contributed by atoms with Crippen LogP contribution in [0.15, 0.2) is 6.20 Å². The van der Waals surface area contributed by atoms with Crippen LogP contribution in [0.25, 0.3) is 10.7 Å². The fraction of sp³-hybridized carbons (Fsp3) is 0.429. The first-order valence-corrected chi connectivity index (χ1v) is 5.88. The summed E-state index contributed by atoms with van der Waals surface area (Å²) < 4.78 is 0. The van der Waals surface area contributed by atoms with Crippen molar-refractivity contribution in [1.82, 2.24) is 25.6 Å². The highest BCUT2D eigenvalue weighted by atomic mass is 79.9. The van der Waals surface area contributed by atoms with Crippen molar-refractivity contribution in [2.24, 2.45) is 0 Å². The van der Waals surface area contributed by atoms with Crippen molar-refractivity contribution in [2.45, 2.75) is 18.2 Å². The van der Waals surface area contributed by atoms with Crippen molar-refractivity contribution in [1.29, 1.82) is 0 Å². The van der Waals surface area contributed by atoms with Gasteiger partial charge in [-0.2, -0.15) is 15.4 Å². The van der Waals surface area contributed by atoms with E-state index < -0.39 is 0 Å². The van der Waals surface area contributed by atoms with Gasteiger partial charge in [0.1, 0.15) is 10.7 Å². The highest BCUT2D eigenvalue weighted by Gasteiger charge is 2.13. The van der Waals surface area contributed by atoms with E-state index in [0.717, 1.165) is 22.1 Å². The molecule has 0 aliphatic heterocycles. The van der Waals surface area contributed by atoms with Crippen LogP contribution in [-0.4, -0.2) is 25.6 Å². The lowest BCUT2D eigenvalue weighted by molar-refractivity contribution is 0.869. The first-order valence-electron chi connectivity index (χ1n) is 4.15. The molecule has 1 N–H and O–H groups in total. The number of aromatic amines is 1. The number of rotatable bonds is 3. The monoisotopic (exact) mass is 273 g/mol. The molecule has 1 unspecified atom stereocenters. The molecule has 5 nitrogen and oxygen atoms in total. The van der Waals surface area contributed by atoms with Gasteiger partial charge in [-0.05, 0) is 6.42 Å². The molecular formula is C7H8BrN5S. The first-order chi connectivity index (χ1) is 6.81. The Morgan fingerprint density at radius 1 is 1.57 bits per heavy atom. The third-order valence-corrected chi connectivity index (χ3v) is 4.14. The van der Waals surface area contributed by atoms with E-state index in [4.69, 9.17) is 0 Å². The molecule has 14 heavy (non-hydrogen) atoms. The summed E-state index contributed by atoms with van der Waals surface area (Å²) in [6, 6.07) is 0. The van der Waals surface area contributed by atoms with E-state index in [1.54, 1.807) is 6.20 Å². The molecule has 2 aromatic rings. The third-order valence-electron chi connectivity index (χ3n) is 1.70. The second kappa shape index (κ2) is 4.14. The zero-order valence-electron chi connectivity index (χ0n) is 7.44. The van der Waals surface area contributed by atoms with Crippen LogP contribution >= 0.6 is 27.3 Å². The Hall–Kier alpha value is -0.820. The number of aromatic nitrogens is 5. The molecule has 0 aliphatic carbocycles. The first kappa shape index (κ1) is 9.72. The Labute approximate surface area is 93.1 Å². The van der Waals surface area contributed by atoms with E-state index in [1.165, 1.54) is 11.3 Å². The summed E-state index contributed by atoms with van der Waals surface area (Å²) in [5, 5.41) is 20.1. The molecule has 0 saturated carbocycles. The number of hydrogen-bond donors (Lipinski definition) is 1. The minimum Gasteiger partial charge on any atom is -0.197 e. The smallest absolute Gasteiger partial charge is 0.169 e. The highest BCUT2D eigenvalue weighted by molar-refractivity contribution is 9.09. The second-order valence-electron chi connectivity index (χ2n) is 2.68. The fourth-order valence-corrected chi connectivity index (χ4v) is 2.17. The van der Waals surface area contributed by atoms with Crippen LogP contribution in [0.4, 0.5) is 0 Å². The average molecular weight is 274 g/mol. The van der Waals surface area contributed by atoms with Gasteiger partial charge < -0.3 is 0 Å². The molecule has 0 bridgehead atoms. The van der Waals surface area contributed by atoms with Gasteiger partial charge in [0.25, 0.3) is 0 Å². The van der Waals surface area contributed by atoms with Crippen LogP contribution in [0.2, 0.25) is 0 Å². The molecule has 0 saturated heterocycles. The van der Waals surface area contributed by atoms with Crippen molar-refractivity contribution in [3.63, 3.8) is 0 Å². The second-order valence-corrected chi connectivity index (χ2v) is 4.79. The van der Waals surface area contributed by atoms with Crippen LogP contribution in [0.1, 0.15) is 23.2 Å². The summed E-state index contributed by atoms with van der Waals surface area (Å²) >= 11 is 5.06. The molecule has 2 aromatic heterocycles. The minimum atomic E-state index is 0.278. The zero-order chi connectivity index (χ0) is 9.97. The van der Waals surface area contributed by atoms with Crippen LogP contribution in [-0.2, 0) is 0 Å². The molecule has 0 amide bonds. The van der Waals surface area contributed by atoms with Gasteiger partial charge in [-0.25, -0.2) is 0 Å². The number of nitrogens with zero attached hydrogens (tertiary/aromatic N) is 4. The van der Waals surface area contributed by atoms with E-state index >= 15 is 0 Å². The largest absolute Gasteiger partial charge is 0.197 e. The summed E-state index contributed by atoms with van der Waals surface area (Å²) in [4.78, 5) is 0.278. The molecule has 1 atom stereocenters. The lowest BCUT2D eigenvalue weighted by Crippen LogP contribution is -1.84. The molecule has 0 spiro atoms. The molecule has 2 rings (SSSR count). The van der Waals surface area contributed by atoms with Crippen molar-refractivity contribution in [2.75, 3.05) is 0 Å². The number of alkyl halides is 1. The summed E-state index contributed by atoms with van der Waals surface area (Å²) in [7, 11) is 0. The van der Waals surface area contributed by atoms with Gasteiger partial charge in [0.15, 0.2) is 5.01 Å². The summed E-state index contributed by atoms with van der Waals surface area (Å²) in [5.41, 5.74) is 0.740. The fourth-order valence-electron chi connectivity index (χ4n) is 0.944. The average Bonchev–Trinajstić information content (AvgIpc) is 2.86. The molecule has 74 valence electrons. The zero-order valence-corrected chi connectivity index (χ0v) is 9.84. The van der Waals surface area contributed by atoms with Gasteiger partial charge >= 0.3 is 0 Å². The topological polar surface area (TPSA) is 67.3 Å². The van der Waals surface area contributed by atoms with Gasteiger partial charge in [0.05, 0.1) is 11.0 Å². The molecule has 0 aliphatic rings. The maximum absolute atomic E-state index is 4.08. The summed E-state index contributed by atoms with van der Waals surface area (Å²) in [6.45, 7) is 2.09. The van der Waals surface area contributed by atoms with Crippen molar-refractivity contribution < 1.29 is 0 Å². The standard InChI is InChI=1S/C7H8BrN5S/c1-2-4(8)6-11-12-7(14-6)5-3-9-13-10-5/h3-4H,2H2,1H3,(H,9,10,13). The maximum Gasteiger partial charge on any atom is 0.169 e. The molecule has 0 aromatic carbocycles. The molecule has 0 radical (unpaired) electrons. The van der Waals surface area contributed by atoms with Crippen molar-refractivity contribution >= 4 is 27.3 Å². The Balaban J connectivity index is 2.26. The Morgan fingerprint density at radius 2 is 2.43 bits per heavy atom. The van der Waals surface area contributed by atoms with Gasteiger partial charge in [0, 0.05) is 0 Å². The number of halogens is 1. The van der Waals surface area contributed by atoms with Crippen molar-refractivity contribution in [3.05, 3.63) is 11.2 Å². The van der Waals surface area contributed by atoms with E-state index in [2.05, 4.69) is 48.5 Å². The van der Waals surface area contributed by atoms with Gasteiger partial charge in [-0.3, -0.25) is 0 Å². The number of hydrogen-bond acceptors (Lipinski definition) is 5. The lowest BCUT2D eigenvalue weighted by Gasteiger charge is -1.97. The normalized spacial score (nSPS) is 13.0. The Kier molecular flexibility index (Phi) is 2.87. The maximum atomic E-state index is 4.08. The lowest BCUT2D eigenvalue weighted by atomic mass is 10.4. The quantitative estimate of drug-likeness (QED) is 0.871. The van der Waals surface area contributed by atoms with E-state index in [-0.39, 0.29) is 4.83 Å². The summed E-state index contributed by atoms with van der Waals surface area (Å²) in [5.74, 6) is 0. The van der Waals surface area contributed by atoms with Gasteiger partial charge in [-0.1, -0.05) is 34.2 Å². The van der Waals surface area contributed by atoms with Crippen molar-refractivity contribution in [3.8, 4) is 10.7 Å². The highest BCUT2D eigenvalue weighted by Crippen LogP contribution is 2.31. The minimum absolute atomic E-state index is 0.278. The van der Waals surface area contributed by atoms with Crippen LogP contribution in [0, 0.1) is 0 Å². The molecule has 2 heterocycles. The predicted octanol–water partition coefficient (Wildman–Crippen LogP) is 2.17. The van der Waals surface area contributed by atoms with Gasteiger partial charge in [0.2, 0.25) is 0 Å². The summed E-state index contributed by atoms with van der Waals surface area (Å²) in [6.07, 6.45) is 2.63. The number of H-pyrrole nitrogens is 1. The molecule has 7 heteroatoms. The van der Waals surface area contributed by atoms with Crippen LogP contribution < -0.4 is 0 Å². The van der Waals surface area contributed by atoms with E-state index in [9.17, 15) is 0 Å². The van der Waals surface area contributed by atoms with Crippen LogP contribution in [0.3, 0.4) is 0 Å². The SMILES string of the molecule is CCC(Br)c1nnc(-c2cn[nH]n2)s1.